The number of imidazole rings is 1. The van der Waals surface area contributed by atoms with Gasteiger partial charge >= 0.3 is 0 Å². The fourth-order valence-electron chi connectivity index (χ4n) is 4.03. The smallest absolute Gasteiger partial charge is 0.228 e. The van der Waals surface area contributed by atoms with E-state index in [-0.39, 0.29) is 17.6 Å². The summed E-state index contributed by atoms with van der Waals surface area (Å²) in [6.07, 6.45) is 5.93. The fourth-order valence-corrected chi connectivity index (χ4v) is 4.03. The molecule has 2 N–H and O–H groups in total. The van der Waals surface area contributed by atoms with Gasteiger partial charge in [-0.05, 0) is 25.8 Å². The van der Waals surface area contributed by atoms with E-state index in [0.29, 0.717) is 41.8 Å². The van der Waals surface area contributed by atoms with Crippen molar-refractivity contribution in [1.82, 2.24) is 29.9 Å². The lowest BCUT2D eigenvalue weighted by Gasteiger charge is -2.23. The average Bonchev–Trinajstić information content (AvgIpc) is 3.40. The zero-order valence-corrected chi connectivity index (χ0v) is 17.1. The molecular formula is C20H23FN8O2. The molecule has 0 bridgehead atoms. The predicted octanol–water partition coefficient (Wildman–Crippen LogP) is 1.62. The highest BCUT2D eigenvalue weighted by molar-refractivity contribution is 5.95. The Morgan fingerprint density at radius 3 is 2.94 bits per heavy atom. The molecule has 2 fully saturated rings. The van der Waals surface area contributed by atoms with Gasteiger partial charge in [0.1, 0.15) is 11.4 Å². The topological polar surface area (TPSA) is 110 Å². The van der Waals surface area contributed by atoms with Crippen LogP contribution in [-0.2, 0) is 4.79 Å². The summed E-state index contributed by atoms with van der Waals surface area (Å²) in [6, 6.07) is 1.87. The Hall–Kier alpha value is -3.34. The molecule has 1 atom stereocenters. The number of nitrogens with one attached hydrogen (secondary N) is 2. The van der Waals surface area contributed by atoms with Crippen LogP contribution in [0, 0.1) is 5.82 Å². The number of ether oxygens (including phenoxy) is 1. The number of amides is 1. The summed E-state index contributed by atoms with van der Waals surface area (Å²) in [7, 11) is 1.52. The molecule has 11 heteroatoms. The van der Waals surface area contributed by atoms with Crippen LogP contribution in [0.5, 0.6) is 5.75 Å². The van der Waals surface area contributed by atoms with E-state index < -0.39 is 5.82 Å². The van der Waals surface area contributed by atoms with Gasteiger partial charge < -0.3 is 15.4 Å². The number of halogens is 1. The molecule has 31 heavy (non-hydrogen) atoms. The summed E-state index contributed by atoms with van der Waals surface area (Å²) >= 11 is 0. The van der Waals surface area contributed by atoms with Crippen molar-refractivity contribution in [3.8, 4) is 17.1 Å². The molecule has 0 radical (unpaired) electrons. The Balaban J connectivity index is 1.55. The largest absolute Gasteiger partial charge is 0.493 e. The van der Waals surface area contributed by atoms with E-state index >= 15 is 0 Å². The third-order valence-electron chi connectivity index (χ3n) is 5.61. The van der Waals surface area contributed by atoms with Gasteiger partial charge in [-0.3, -0.25) is 9.69 Å². The second kappa shape index (κ2) is 8.06. The van der Waals surface area contributed by atoms with E-state index in [2.05, 4.69) is 30.7 Å². The van der Waals surface area contributed by atoms with E-state index in [9.17, 15) is 9.18 Å². The number of aromatic nitrogens is 5. The fraction of sp³-hybridized carbons (Fsp3) is 0.450. The van der Waals surface area contributed by atoms with E-state index in [0.717, 1.165) is 38.5 Å². The van der Waals surface area contributed by atoms with Gasteiger partial charge in [0.25, 0.3) is 0 Å². The third-order valence-corrected chi connectivity index (χ3v) is 5.61. The number of carbonyl (C=O) groups excluding carboxylic acids is 1. The second-order valence-corrected chi connectivity index (χ2v) is 7.68. The molecular weight excluding hydrogens is 403 g/mol. The number of rotatable bonds is 5. The van der Waals surface area contributed by atoms with Crippen molar-refractivity contribution in [3.05, 3.63) is 24.3 Å². The average molecular weight is 426 g/mol. The first-order valence-electron chi connectivity index (χ1n) is 10.4. The lowest BCUT2D eigenvalue weighted by molar-refractivity contribution is -0.117. The van der Waals surface area contributed by atoms with Crippen LogP contribution in [0.15, 0.2) is 18.5 Å². The van der Waals surface area contributed by atoms with Crippen LogP contribution in [0.25, 0.3) is 17.0 Å². The summed E-state index contributed by atoms with van der Waals surface area (Å²) < 4.78 is 21.6. The molecule has 3 aromatic heterocycles. The Bertz CT molecular complexity index is 1130. The Morgan fingerprint density at radius 2 is 2.19 bits per heavy atom. The van der Waals surface area contributed by atoms with Crippen molar-refractivity contribution in [2.24, 2.45) is 0 Å². The minimum absolute atomic E-state index is 0.0207. The minimum Gasteiger partial charge on any atom is -0.493 e. The summed E-state index contributed by atoms with van der Waals surface area (Å²) in [6.45, 7) is 2.36. The van der Waals surface area contributed by atoms with E-state index in [1.165, 1.54) is 17.8 Å². The second-order valence-electron chi connectivity index (χ2n) is 7.68. The Morgan fingerprint density at radius 1 is 1.29 bits per heavy atom. The maximum atomic E-state index is 14.7. The molecule has 0 spiro atoms. The highest BCUT2D eigenvalue weighted by atomic mass is 19.1. The molecule has 0 aromatic carbocycles. The summed E-state index contributed by atoms with van der Waals surface area (Å²) in [5.74, 6) is 0.578. The number of hydrogen-bond donors (Lipinski definition) is 2. The van der Waals surface area contributed by atoms with Crippen molar-refractivity contribution in [1.29, 1.82) is 0 Å². The van der Waals surface area contributed by atoms with Crippen LogP contribution < -0.4 is 20.3 Å². The maximum Gasteiger partial charge on any atom is 0.228 e. The van der Waals surface area contributed by atoms with Crippen molar-refractivity contribution in [2.75, 3.05) is 37.0 Å². The molecule has 0 unspecified atom stereocenters. The normalized spacial score (nSPS) is 19.2. The zero-order valence-electron chi connectivity index (χ0n) is 17.1. The van der Waals surface area contributed by atoms with Crippen molar-refractivity contribution in [2.45, 2.75) is 31.7 Å². The van der Waals surface area contributed by atoms with Crippen LogP contribution in [0.2, 0.25) is 0 Å². The zero-order chi connectivity index (χ0) is 21.4. The van der Waals surface area contributed by atoms with E-state index in [1.54, 1.807) is 11.0 Å². The molecule has 10 nitrogen and oxygen atoms in total. The highest BCUT2D eigenvalue weighted by Crippen LogP contribution is 2.32. The molecule has 5 rings (SSSR count). The predicted molar refractivity (Wildman–Crippen MR) is 112 cm³/mol. The molecule has 0 saturated carbocycles. The first kappa shape index (κ1) is 19.6. The van der Waals surface area contributed by atoms with Crippen molar-refractivity contribution < 1.29 is 13.9 Å². The molecule has 0 aliphatic carbocycles. The molecule has 2 saturated heterocycles. The molecule has 3 aromatic rings. The molecule has 2 aliphatic heterocycles. The van der Waals surface area contributed by atoms with Gasteiger partial charge in [0, 0.05) is 31.6 Å². The number of hydrogen-bond acceptors (Lipinski definition) is 8. The quantitative estimate of drug-likeness (QED) is 0.634. The van der Waals surface area contributed by atoms with E-state index in [1.807, 2.05) is 0 Å². The molecule has 162 valence electrons. The Labute approximate surface area is 177 Å². The first-order chi connectivity index (χ1) is 15.1. The first-order valence-corrected chi connectivity index (χ1v) is 10.4. The van der Waals surface area contributed by atoms with Crippen LogP contribution in [0.3, 0.4) is 0 Å². The Kier molecular flexibility index (Phi) is 5.10. The van der Waals surface area contributed by atoms with Crippen molar-refractivity contribution >= 4 is 23.3 Å². The number of fused-ring (bicyclic) bond motifs is 1. The third kappa shape index (κ3) is 3.65. The molecule has 2 aliphatic rings. The van der Waals surface area contributed by atoms with Gasteiger partial charge in [-0.25, -0.2) is 23.9 Å². The van der Waals surface area contributed by atoms with Gasteiger partial charge in [-0.15, -0.1) is 5.10 Å². The lowest BCUT2D eigenvalue weighted by atomic mass is 10.1. The summed E-state index contributed by atoms with van der Waals surface area (Å²) in [5, 5.41) is 11.2. The standard InChI is InChI=1S/C20H23FN8O2/c1-31-15-8-16-23-11-14(29(16)27-19(15)28-7-3-5-17(28)30)18-13(21)10-24-20(26-18)25-12-4-2-6-22-9-12/h8,10-12,22H,2-7,9H2,1H3,(H,24,25,26)/t12-/m1/s1. The van der Waals surface area contributed by atoms with Crippen LogP contribution in [0.4, 0.5) is 16.2 Å². The summed E-state index contributed by atoms with van der Waals surface area (Å²) in [5.41, 5.74) is 0.923. The highest BCUT2D eigenvalue weighted by Gasteiger charge is 2.28. The molecule has 1 amide bonds. The maximum absolute atomic E-state index is 14.7. The van der Waals surface area contributed by atoms with Crippen LogP contribution in [-0.4, -0.2) is 63.3 Å². The van der Waals surface area contributed by atoms with E-state index in [4.69, 9.17) is 4.74 Å². The lowest BCUT2D eigenvalue weighted by Crippen LogP contribution is -2.38. The van der Waals surface area contributed by atoms with Gasteiger partial charge in [-0.1, -0.05) is 0 Å². The number of anilines is 2. The van der Waals surface area contributed by atoms with Gasteiger partial charge in [-0.2, -0.15) is 0 Å². The van der Waals surface area contributed by atoms with Gasteiger partial charge in [0.05, 0.1) is 19.5 Å². The van der Waals surface area contributed by atoms with Gasteiger partial charge in [0.15, 0.2) is 23.0 Å². The van der Waals surface area contributed by atoms with Crippen molar-refractivity contribution in [3.63, 3.8) is 0 Å². The SMILES string of the molecule is COc1cc2ncc(-c3nc(N[C@@H]4CCCNC4)ncc3F)n2nc1N1CCCC1=O. The molecule has 5 heterocycles. The number of nitrogens with zero attached hydrogens (tertiary/aromatic N) is 6. The number of piperidine rings is 1. The number of methoxy groups -OCH3 is 1. The minimum atomic E-state index is -0.578. The summed E-state index contributed by atoms with van der Waals surface area (Å²) in [4.78, 5) is 26.7. The van der Waals surface area contributed by atoms with Gasteiger partial charge in [0.2, 0.25) is 11.9 Å². The number of carbonyl (C=O) groups is 1. The van der Waals surface area contributed by atoms with Crippen LogP contribution in [0.1, 0.15) is 25.7 Å². The van der Waals surface area contributed by atoms with Crippen LogP contribution >= 0.6 is 0 Å². The monoisotopic (exact) mass is 426 g/mol.